The van der Waals surface area contributed by atoms with Crippen LogP contribution in [0.15, 0.2) is 18.2 Å². The number of benzene rings is 1. The average Bonchev–Trinajstić information content (AvgIpc) is 2.61. The van der Waals surface area contributed by atoms with Crippen LogP contribution in [0.1, 0.15) is 56.6 Å². The number of sulfonamides is 2. The molecular formula is C18H28N2O4S2. The predicted molar refractivity (Wildman–Crippen MR) is 104 cm³/mol. The predicted octanol–water partition coefficient (Wildman–Crippen LogP) is 2.86. The first-order valence-corrected chi connectivity index (χ1v) is 12.6. The molecule has 0 radical (unpaired) electrons. The molecule has 1 aromatic rings. The van der Waals surface area contributed by atoms with E-state index in [1.54, 1.807) is 12.1 Å². The minimum atomic E-state index is -3.40. The van der Waals surface area contributed by atoms with E-state index in [0.717, 1.165) is 30.4 Å². The molecule has 1 fully saturated rings. The lowest BCUT2D eigenvalue weighted by Crippen LogP contribution is -2.37. The van der Waals surface area contributed by atoms with Gasteiger partial charge in [0.1, 0.15) is 0 Å². The molecule has 0 amide bonds. The van der Waals surface area contributed by atoms with Crippen molar-refractivity contribution in [2.45, 2.75) is 63.7 Å². The van der Waals surface area contributed by atoms with Crippen molar-refractivity contribution in [1.82, 2.24) is 4.31 Å². The number of hydrogen-bond acceptors (Lipinski definition) is 4. The molecule has 26 heavy (non-hydrogen) atoms. The normalized spacial score (nSPS) is 19.9. The maximum Gasteiger partial charge on any atom is 0.235 e. The summed E-state index contributed by atoms with van der Waals surface area (Å²) >= 11 is 0. The lowest BCUT2D eigenvalue weighted by molar-refractivity contribution is 0.391. The molecule has 146 valence electrons. The van der Waals surface area contributed by atoms with E-state index < -0.39 is 20.0 Å². The van der Waals surface area contributed by atoms with Crippen LogP contribution < -0.4 is 4.72 Å². The highest BCUT2D eigenvalue weighted by Crippen LogP contribution is 2.28. The number of fused-ring (bicyclic) bond motifs is 1. The molecule has 1 aliphatic carbocycles. The molecule has 0 aromatic heterocycles. The lowest BCUT2D eigenvalue weighted by Gasteiger charge is -2.28. The number of nitrogens with one attached hydrogen (secondary N) is 1. The summed E-state index contributed by atoms with van der Waals surface area (Å²) < 4.78 is 54.1. The topological polar surface area (TPSA) is 83.6 Å². The molecule has 0 spiro atoms. The van der Waals surface area contributed by atoms with Gasteiger partial charge >= 0.3 is 0 Å². The van der Waals surface area contributed by atoms with Crippen molar-refractivity contribution < 1.29 is 16.8 Å². The minimum Gasteiger partial charge on any atom is -0.283 e. The van der Waals surface area contributed by atoms with Crippen LogP contribution in [0.4, 0.5) is 5.69 Å². The zero-order valence-corrected chi connectivity index (χ0v) is 16.9. The zero-order valence-electron chi connectivity index (χ0n) is 15.3. The number of anilines is 1. The Bertz CT molecular complexity index is 844. The van der Waals surface area contributed by atoms with Gasteiger partial charge in [-0.05, 0) is 48.9 Å². The molecule has 1 N–H and O–H groups in total. The standard InChI is InChI=1S/C18H28N2O4S2/c1-2-12-25(21,22)20-11-10-15-8-9-17(13-16(15)14-20)19-26(23,24)18-6-4-3-5-7-18/h8-9,13,18-19H,2-7,10-12,14H2,1H3. The molecule has 1 aromatic carbocycles. The van der Waals surface area contributed by atoms with E-state index in [9.17, 15) is 16.8 Å². The second-order valence-electron chi connectivity index (χ2n) is 7.29. The molecule has 1 aliphatic heterocycles. The highest BCUT2D eigenvalue weighted by Gasteiger charge is 2.29. The van der Waals surface area contributed by atoms with E-state index in [-0.39, 0.29) is 11.0 Å². The molecule has 8 heteroatoms. The molecule has 3 rings (SSSR count). The van der Waals surface area contributed by atoms with Crippen LogP contribution in [0.25, 0.3) is 0 Å². The Morgan fingerprint density at radius 2 is 1.81 bits per heavy atom. The Kier molecular flexibility index (Phi) is 5.94. The van der Waals surface area contributed by atoms with E-state index in [4.69, 9.17) is 0 Å². The maximum absolute atomic E-state index is 12.6. The summed E-state index contributed by atoms with van der Waals surface area (Å²) in [5, 5.41) is -0.325. The fraction of sp³-hybridized carbons (Fsp3) is 0.667. The van der Waals surface area contributed by atoms with E-state index in [1.165, 1.54) is 4.31 Å². The van der Waals surface area contributed by atoms with Gasteiger partial charge in [-0.3, -0.25) is 4.72 Å². The van der Waals surface area contributed by atoms with Crippen LogP contribution in [0, 0.1) is 0 Å². The van der Waals surface area contributed by atoms with Crippen LogP contribution >= 0.6 is 0 Å². The summed E-state index contributed by atoms with van der Waals surface area (Å²) in [6.07, 6.45) is 5.69. The van der Waals surface area contributed by atoms with Gasteiger partial charge < -0.3 is 0 Å². The fourth-order valence-electron chi connectivity index (χ4n) is 3.84. The Morgan fingerprint density at radius 1 is 1.08 bits per heavy atom. The third-order valence-electron chi connectivity index (χ3n) is 5.29. The van der Waals surface area contributed by atoms with Gasteiger partial charge in [-0.2, -0.15) is 4.31 Å². The summed E-state index contributed by atoms with van der Waals surface area (Å²) in [6, 6.07) is 5.50. The van der Waals surface area contributed by atoms with Gasteiger partial charge in [-0.1, -0.05) is 32.3 Å². The Balaban J connectivity index is 1.76. The smallest absolute Gasteiger partial charge is 0.235 e. The van der Waals surface area contributed by atoms with Crippen molar-refractivity contribution in [2.24, 2.45) is 0 Å². The molecule has 6 nitrogen and oxygen atoms in total. The van der Waals surface area contributed by atoms with Crippen molar-refractivity contribution >= 4 is 25.7 Å². The Labute approximate surface area is 157 Å². The minimum absolute atomic E-state index is 0.149. The van der Waals surface area contributed by atoms with Crippen LogP contribution in [0.3, 0.4) is 0 Å². The fourth-order valence-corrected chi connectivity index (χ4v) is 6.90. The maximum atomic E-state index is 12.6. The van der Waals surface area contributed by atoms with Gasteiger partial charge in [-0.25, -0.2) is 16.8 Å². The van der Waals surface area contributed by atoms with Crippen LogP contribution in [0.2, 0.25) is 0 Å². The summed E-state index contributed by atoms with van der Waals surface area (Å²) in [6.45, 7) is 2.66. The molecule has 0 unspecified atom stereocenters. The molecule has 0 saturated heterocycles. The second kappa shape index (κ2) is 7.86. The van der Waals surface area contributed by atoms with E-state index in [1.807, 2.05) is 13.0 Å². The second-order valence-corrected chi connectivity index (χ2v) is 11.3. The first kappa shape index (κ1) is 19.6. The summed E-state index contributed by atoms with van der Waals surface area (Å²) in [5.41, 5.74) is 2.51. The first-order chi connectivity index (χ1) is 12.3. The SMILES string of the molecule is CCCS(=O)(=O)N1CCc2ccc(NS(=O)(=O)C3CCCCC3)cc2C1. The van der Waals surface area contributed by atoms with Crippen LogP contribution in [-0.2, 0) is 33.0 Å². The molecule has 0 bridgehead atoms. The molecule has 0 atom stereocenters. The number of nitrogens with zero attached hydrogens (tertiary/aromatic N) is 1. The third kappa shape index (κ3) is 4.40. The third-order valence-corrected chi connectivity index (χ3v) is 9.18. The van der Waals surface area contributed by atoms with Crippen molar-refractivity contribution in [3.05, 3.63) is 29.3 Å². The van der Waals surface area contributed by atoms with E-state index in [2.05, 4.69) is 4.72 Å². The van der Waals surface area contributed by atoms with Crippen molar-refractivity contribution in [3.63, 3.8) is 0 Å². The monoisotopic (exact) mass is 400 g/mol. The van der Waals surface area contributed by atoms with Crippen molar-refractivity contribution in [1.29, 1.82) is 0 Å². The molecule has 1 saturated carbocycles. The summed E-state index contributed by atoms with van der Waals surface area (Å²) in [4.78, 5) is 0. The Hall–Kier alpha value is -1.12. The highest BCUT2D eigenvalue weighted by molar-refractivity contribution is 7.93. The highest BCUT2D eigenvalue weighted by atomic mass is 32.2. The Morgan fingerprint density at radius 3 is 2.50 bits per heavy atom. The van der Waals surface area contributed by atoms with E-state index in [0.29, 0.717) is 44.5 Å². The van der Waals surface area contributed by atoms with Gasteiger partial charge in [0.05, 0.1) is 11.0 Å². The number of rotatable bonds is 6. The van der Waals surface area contributed by atoms with Crippen molar-refractivity contribution in [2.75, 3.05) is 17.0 Å². The van der Waals surface area contributed by atoms with Gasteiger partial charge in [-0.15, -0.1) is 0 Å². The first-order valence-electron chi connectivity index (χ1n) is 9.43. The number of hydrogen-bond donors (Lipinski definition) is 1. The lowest BCUT2D eigenvalue weighted by atomic mass is 10.0. The zero-order chi connectivity index (χ0) is 18.8. The molecule has 1 heterocycles. The van der Waals surface area contributed by atoms with Gasteiger partial charge in [0, 0.05) is 18.8 Å². The van der Waals surface area contributed by atoms with Crippen LogP contribution in [0.5, 0.6) is 0 Å². The quantitative estimate of drug-likeness (QED) is 0.796. The summed E-state index contributed by atoms with van der Waals surface area (Å²) in [5.74, 6) is 0.149. The van der Waals surface area contributed by atoms with Gasteiger partial charge in [0.15, 0.2) is 0 Å². The average molecular weight is 401 g/mol. The largest absolute Gasteiger partial charge is 0.283 e. The van der Waals surface area contributed by atoms with E-state index >= 15 is 0 Å². The summed E-state index contributed by atoms with van der Waals surface area (Å²) in [7, 11) is -6.64. The van der Waals surface area contributed by atoms with Gasteiger partial charge in [0.2, 0.25) is 20.0 Å². The van der Waals surface area contributed by atoms with Crippen molar-refractivity contribution in [3.8, 4) is 0 Å². The molecular weight excluding hydrogens is 372 g/mol. The molecule has 2 aliphatic rings. The van der Waals surface area contributed by atoms with Gasteiger partial charge in [0.25, 0.3) is 0 Å². The van der Waals surface area contributed by atoms with Crippen LogP contribution in [-0.4, -0.2) is 38.7 Å².